The Morgan fingerprint density at radius 3 is 2.58 bits per heavy atom. The van der Waals surface area contributed by atoms with E-state index in [1.165, 1.54) is 12.1 Å². The molecule has 0 unspecified atom stereocenters. The molecule has 1 atom stereocenters. The van der Waals surface area contributed by atoms with E-state index in [4.69, 9.17) is 0 Å². The first-order valence-corrected chi connectivity index (χ1v) is 10.7. The van der Waals surface area contributed by atoms with Gasteiger partial charge in [0.1, 0.15) is 5.82 Å². The van der Waals surface area contributed by atoms with Crippen LogP contribution in [-0.4, -0.2) is 53.7 Å². The van der Waals surface area contributed by atoms with Crippen LogP contribution < -0.4 is 5.32 Å². The molecule has 162 valence electrons. The van der Waals surface area contributed by atoms with Gasteiger partial charge < -0.3 is 15.1 Å². The fourth-order valence-corrected chi connectivity index (χ4v) is 4.22. The summed E-state index contributed by atoms with van der Waals surface area (Å²) < 4.78 is 13.2. The summed E-state index contributed by atoms with van der Waals surface area (Å²) >= 11 is 0. The van der Waals surface area contributed by atoms with Crippen molar-refractivity contribution in [3.8, 4) is 11.1 Å². The fraction of sp³-hybridized carbons (Fsp3) is 0.375. The third-order valence-electron chi connectivity index (χ3n) is 5.95. The molecule has 2 heterocycles. The summed E-state index contributed by atoms with van der Waals surface area (Å²) in [6.45, 7) is 1.72. The molecule has 0 aliphatic carbocycles. The van der Waals surface area contributed by atoms with Crippen molar-refractivity contribution in [1.29, 1.82) is 0 Å². The van der Waals surface area contributed by atoms with E-state index in [0.29, 0.717) is 31.7 Å². The van der Waals surface area contributed by atoms with E-state index in [-0.39, 0.29) is 36.0 Å². The number of carbonyl (C=O) groups is 3. The molecule has 2 aliphatic heterocycles. The van der Waals surface area contributed by atoms with Crippen LogP contribution in [0.3, 0.4) is 0 Å². The molecule has 4 rings (SSSR count). The molecule has 0 aromatic heterocycles. The quantitative estimate of drug-likeness (QED) is 0.802. The van der Waals surface area contributed by atoms with E-state index in [9.17, 15) is 18.8 Å². The average molecular weight is 423 g/mol. The number of hydrogen-bond acceptors (Lipinski definition) is 3. The Labute approximate surface area is 181 Å². The molecule has 6 nitrogen and oxygen atoms in total. The van der Waals surface area contributed by atoms with Crippen molar-refractivity contribution in [3.05, 3.63) is 54.3 Å². The van der Waals surface area contributed by atoms with Gasteiger partial charge in [-0.05, 0) is 54.7 Å². The lowest BCUT2D eigenvalue weighted by atomic mass is 9.96. The van der Waals surface area contributed by atoms with Gasteiger partial charge in [0.15, 0.2) is 0 Å². The SMILES string of the molecule is O=C(Nc1cccc(-c2ccc(F)cc2)c1)[C@@H]1CCCN(C(=O)CN2CCCC2=O)C1. The van der Waals surface area contributed by atoms with Crippen molar-refractivity contribution in [3.63, 3.8) is 0 Å². The largest absolute Gasteiger partial charge is 0.340 e. The molecule has 2 aliphatic rings. The molecule has 0 bridgehead atoms. The summed E-state index contributed by atoms with van der Waals surface area (Å²) in [5.74, 6) is -0.766. The van der Waals surface area contributed by atoms with Crippen LogP contribution in [0.2, 0.25) is 0 Å². The molecule has 0 saturated carbocycles. The molecule has 0 radical (unpaired) electrons. The minimum atomic E-state index is -0.293. The number of nitrogens with zero attached hydrogens (tertiary/aromatic N) is 2. The van der Waals surface area contributed by atoms with Crippen molar-refractivity contribution in [2.75, 3.05) is 31.5 Å². The zero-order chi connectivity index (χ0) is 21.8. The molecule has 31 heavy (non-hydrogen) atoms. The van der Waals surface area contributed by atoms with Crippen LogP contribution in [0.15, 0.2) is 48.5 Å². The van der Waals surface area contributed by atoms with Gasteiger partial charge in [-0.1, -0.05) is 24.3 Å². The van der Waals surface area contributed by atoms with Gasteiger partial charge in [0.2, 0.25) is 17.7 Å². The maximum atomic E-state index is 13.2. The Hall–Kier alpha value is -3.22. The lowest BCUT2D eigenvalue weighted by Gasteiger charge is -2.33. The molecule has 7 heteroatoms. The minimum absolute atomic E-state index is 0.0284. The van der Waals surface area contributed by atoms with E-state index in [1.54, 1.807) is 21.9 Å². The third kappa shape index (κ3) is 5.10. The van der Waals surface area contributed by atoms with E-state index in [1.807, 2.05) is 24.3 Å². The number of halogens is 1. The van der Waals surface area contributed by atoms with Gasteiger partial charge in [-0.15, -0.1) is 0 Å². The number of benzene rings is 2. The van der Waals surface area contributed by atoms with Gasteiger partial charge in [0.05, 0.1) is 12.5 Å². The molecule has 2 saturated heterocycles. The van der Waals surface area contributed by atoms with Crippen LogP contribution in [0.5, 0.6) is 0 Å². The van der Waals surface area contributed by atoms with Crippen molar-refractivity contribution < 1.29 is 18.8 Å². The van der Waals surface area contributed by atoms with Gasteiger partial charge in [-0.2, -0.15) is 0 Å². The highest BCUT2D eigenvalue weighted by Gasteiger charge is 2.31. The van der Waals surface area contributed by atoms with Crippen LogP contribution in [0, 0.1) is 11.7 Å². The van der Waals surface area contributed by atoms with Crippen molar-refractivity contribution in [1.82, 2.24) is 9.80 Å². The van der Waals surface area contributed by atoms with Crippen LogP contribution in [0.25, 0.3) is 11.1 Å². The second-order valence-electron chi connectivity index (χ2n) is 8.17. The third-order valence-corrected chi connectivity index (χ3v) is 5.95. The van der Waals surface area contributed by atoms with Gasteiger partial charge in [-0.3, -0.25) is 14.4 Å². The number of rotatable bonds is 5. The van der Waals surface area contributed by atoms with Gasteiger partial charge in [0, 0.05) is 31.7 Å². The van der Waals surface area contributed by atoms with E-state index in [0.717, 1.165) is 30.4 Å². The Balaban J connectivity index is 1.37. The summed E-state index contributed by atoms with van der Waals surface area (Å²) in [5.41, 5.74) is 2.41. The molecule has 2 aromatic rings. The number of carbonyl (C=O) groups excluding carboxylic acids is 3. The normalized spacial score (nSPS) is 18.9. The van der Waals surface area contributed by atoms with Crippen molar-refractivity contribution in [2.24, 2.45) is 5.92 Å². The minimum Gasteiger partial charge on any atom is -0.340 e. The van der Waals surface area contributed by atoms with Gasteiger partial charge >= 0.3 is 0 Å². The number of piperidine rings is 1. The Kier molecular flexibility index (Phi) is 6.30. The molecule has 0 spiro atoms. The predicted molar refractivity (Wildman–Crippen MR) is 116 cm³/mol. The topological polar surface area (TPSA) is 69.7 Å². The van der Waals surface area contributed by atoms with Crippen LogP contribution in [-0.2, 0) is 14.4 Å². The summed E-state index contributed by atoms with van der Waals surface area (Å²) in [4.78, 5) is 40.6. The van der Waals surface area contributed by atoms with Crippen molar-refractivity contribution in [2.45, 2.75) is 25.7 Å². The molecular formula is C24H26FN3O3. The fourth-order valence-electron chi connectivity index (χ4n) is 4.22. The first-order valence-electron chi connectivity index (χ1n) is 10.7. The van der Waals surface area contributed by atoms with E-state index >= 15 is 0 Å². The van der Waals surface area contributed by atoms with Gasteiger partial charge in [-0.25, -0.2) is 4.39 Å². The summed E-state index contributed by atoms with van der Waals surface area (Å²) in [6.07, 6.45) is 2.78. The first kappa shape index (κ1) is 21.0. The number of nitrogens with one attached hydrogen (secondary N) is 1. The van der Waals surface area contributed by atoms with Crippen LogP contribution in [0.1, 0.15) is 25.7 Å². The summed E-state index contributed by atoms with van der Waals surface area (Å²) in [6, 6.07) is 13.6. The summed E-state index contributed by atoms with van der Waals surface area (Å²) in [5, 5.41) is 2.96. The smallest absolute Gasteiger partial charge is 0.242 e. The van der Waals surface area contributed by atoms with Crippen LogP contribution in [0.4, 0.5) is 10.1 Å². The number of amides is 3. The lowest BCUT2D eigenvalue weighted by Crippen LogP contribution is -2.47. The van der Waals surface area contributed by atoms with Crippen LogP contribution >= 0.6 is 0 Å². The molecular weight excluding hydrogens is 397 g/mol. The molecule has 2 fully saturated rings. The Bertz CT molecular complexity index is 976. The Morgan fingerprint density at radius 1 is 1.03 bits per heavy atom. The average Bonchev–Trinajstić information content (AvgIpc) is 3.19. The highest BCUT2D eigenvalue weighted by Crippen LogP contribution is 2.24. The van der Waals surface area contributed by atoms with Gasteiger partial charge in [0.25, 0.3) is 0 Å². The molecule has 2 aromatic carbocycles. The first-order chi connectivity index (χ1) is 15.0. The van der Waals surface area contributed by atoms with E-state index in [2.05, 4.69) is 5.32 Å². The maximum absolute atomic E-state index is 13.2. The second kappa shape index (κ2) is 9.29. The number of anilines is 1. The Morgan fingerprint density at radius 2 is 1.84 bits per heavy atom. The molecule has 3 amide bonds. The maximum Gasteiger partial charge on any atom is 0.242 e. The highest BCUT2D eigenvalue weighted by molar-refractivity contribution is 5.94. The second-order valence-corrected chi connectivity index (χ2v) is 8.17. The van der Waals surface area contributed by atoms with Crippen molar-refractivity contribution >= 4 is 23.4 Å². The highest BCUT2D eigenvalue weighted by atomic mass is 19.1. The zero-order valence-corrected chi connectivity index (χ0v) is 17.4. The zero-order valence-electron chi connectivity index (χ0n) is 17.4. The number of likely N-dealkylation sites (tertiary alicyclic amines) is 2. The lowest BCUT2D eigenvalue weighted by molar-refractivity contribution is -0.140. The molecule has 1 N–H and O–H groups in total. The predicted octanol–water partition coefficient (Wildman–Crippen LogP) is 3.29. The number of hydrogen-bond donors (Lipinski definition) is 1. The van der Waals surface area contributed by atoms with E-state index < -0.39 is 0 Å². The monoisotopic (exact) mass is 423 g/mol. The standard InChI is InChI=1S/C24H26FN3O3/c25-20-10-8-17(9-11-20)18-4-1-6-21(14-18)26-24(31)19-5-2-12-27(15-19)23(30)16-28-13-3-7-22(28)29/h1,4,6,8-11,14,19H,2-3,5,7,12-13,15-16H2,(H,26,31)/t19-/m1/s1. The summed E-state index contributed by atoms with van der Waals surface area (Å²) in [7, 11) is 0.